The number of aromatic nitrogens is 2. The second kappa shape index (κ2) is 4.09. The van der Waals surface area contributed by atoms with Crippen LogP contribution in [0.2, 0.25) is 0 Å². The van der Waals surface area contributed by atoms with Crippen molar-refractivity contribution in [1.29, 1.82) is 0 Å². The molecule has 3 aliphatic rings. The van der Waals surface area contributed by atoms with Crippen LogP contribution >= 0.6 is 0 Å². The molecule has 3 fully saturated rings. The molecule has 0 radical (unpaired) electrons. The van der Waals surface area contributed by atoms with Crippen molar-refractivity contribution in [2.24, 2.45) is 29.6 Å². The molecule has 0 amide bonds. The molecule has 4 rings (SSSR count). The van der Waals surface area contributed by atoms with Crippen LogP contribution in [-0.4, -0.2) is 22.6 Å². The van der Waals surface area contributed by atoms with Crippen molar-refractivity contribution in [1.82, 2.24) is 15.3 Å². The van der Waals surface area contributed by atoms with Gasteiger partial charge in [-0.1, -0.05) is 6.92 Å². The van der Waals surface area contributed by atoms with Crippen LogP contribution in [0.15, 0.2) is 12.4 Å². The smallest absolute Gasteiger partial charge is 0.107 e. The van der Waals surface area contributed by atoms with Crippen LogP contribution in [0.5, 0.6) is 0 Å². The molecule has 0 saturated heterocycles. The molecule has 1 heterocycles. The summed E-state index contributed by atoms with van der Waals surface area (Å²) in [4.78, 5) is 7.66. The van der Waals surface area contributed by atoms with E-state index in [1.807, 2.05) is 12.4 Å². The van der Waals surface area contributed by atoms with Gasteiger partial charge in [-0.05, 0) is 55.4 Å². The normalized spacial score (nSPS) is 41.9. The third-order valence-electron chi connectivity index (χ3n) is 5.69. The molecule has 3 saturated carbocycles. The average Bonchev–Trinajstić information content (AvgIpc) is 2.81. The first-order valence-electron chi connectivity index (χ1n) is 7.60. The number of aromatic amines is 1. The lowest BCUT2D eigenvalue weighted by Crippen LogP contribution is -2.35. The molecule has 2 N–H and O–H groups in total. The standard InChI is InChI=1S/C15H23N3/c1-2-16-11(8-12-17-5-6-18-12)15-13-9-3-4-10(7-9)14(13)15/h5-6,9-11,13-16H,2-4,7-8H2,1H3,(H,17,18). The lowest BCUT2D eigenvalue weighted by atomic mass is 9.95. The molecule has 2 bridgehead atoms. The number of nitrogens with one attached hydrogen (secondary N) is 2. The summed E-state index contributed by atoms with van der Waals surface area (Å²) in [5, 5.41) is 3.72. The van der Waals surface area contributed by atoms with Gasteiger partial charge in [0, 0.05) is 24.9 Å². The molecule has 18 heavy (non-hydrogen) atoms. The van der Waals surface area contributed by atoms with Gasteiger partial charge in [-0.2, -0.15) is 0 Å². The van der Waals surface area contributed by atoms with Gasteiger partial charge in [0.2, 0.25) is 0 Å². The monoisotopic (exact) mass is 245 g/mol. The first kappa shape index (κ1) is 11.0. The van der Waals surface area contributed by atoms with Gasteiger partial charge in [0.15, 0.2) is 0 Å². The minimum absolute atomic E-state index is 0.652. The summed E-state index contributed by atoms with van der Waals surface area (Å²) in [5.41, 5.74) is 0. The van der Waals surface area contributed by atoms with Crippen molar-refractivity contribution in [2.75, 3.05) is 6.54 Å². The molecule has 3 nitrogen and oxygen atoms in total. The van der Waals surface area contributed by atoms with Crippen LogP contribution in [-0.2, 0) is 6.42 Å². The van der Waals surface area contributed by atoms with Gasteiger partial charge in [-0.3, -0.25) is 0 Å². The molecular formula is C15H23N3. The lowest BCUT2D eigenvalue weighted by molar-refractivity contribution is 0.362. The number of hydrogen-bond donors (Lipinski definition) is 2. The first-order valence-corrected chi connectivity index (χ1v) is 7.60. The predicted octanol–water partition coefficient (Wildman–Crippen LogP) is 2.22. The minimum Gasteiger partial charge on any atom is -0.349 e. The second-order valence-corrected chi connectivity index (χ2v) is 6.47. The third-order valence-corrected chi connectivity index (χ3v) is 5.69. The maximum Gasteiger partial charge on any atom is 0.107 e. The Morgan fingerprint density at radius 3 is 2.78 bits per heavy atom. The highest BCUT2D eigenvalue weighted by Gasteiger charge is 2.66. The molecule has 0 spiro atoms. The Labute approximate surface area is 109 Å². The van der Waals surface area contributed by atoms with E-state index in [2.05, 4.69) is 22.2 Å². The Morgan fingerprint density at radius 2 is 2.17 bits per heavy atom. The van der Waals surface area contributed by atoms with Gasteiger partial charge in [-0.15, -0.1) is 0 Å². The zero-order valence-corrected chi connectivity index (χ0v) is 11.1. The highest BCUT2D eigenvalue weighted by Crippen LogP contribution is 2.70. The molecule has 1 aromatic heterocycles. The fourth-order valence-electron chi connectivity index (χ4n) is 5.15. The predicted molar refractivity (Wildman–Crippen MR) is 71.1 cm³/mol. The van der Waals surface area contributed by atoms with Gasteiger partial charge >= 0.3 is 0 Å². The summed E-state index contributed by atoms with van der Waals surface area (Å²) in [6.07, 6.45) is 9.47. The Morgan fingerprint density at radius 1 is 1.39 bits per heavy atom. The third kappa shape index (κ3) is 1.56. The molecule has 5 atom stereocenters. The Bertz CT molecular complexity index is 397. The van der Waals surface area contributed by atoms with E-state index >= 15 is 0 Å². The number of likely N-dealkylation sites (N-methyl/N-ethyl adjacent to an activating group) is 1. The van der Waals surface area contributed by atoms with E-state index in [-0.39, 0.29) is 0 Å². The number of rotatable bonds is 5. The van der Waals surface area contributed by atoms with E-state index in [0.717, 1.165) is 48.4 Å². The molecule has 5 unspecified atom stereocenters. The molecule has 1 aromatic rings. The van der Waals surface area contributed by atoms with Crippen molar-refractivity contribution in [3.8, 4) is 0 Å². The van der Waals surface area contributed by atoms with Gasteiger partial charge < -0.3 is 10.3 Å². The maximum atomic E-state index is 4.40. The molecule has 98 valence electrons. The Kier molecular flexibility index (Phi) is 2.51. The van der Waals surface area contributed by atoms with Crippen LogP contribution < -0.4 is 5.32 Å². The Hall–Kier alpha value is -0.830. The molecular weight excluding hydrogens is 222 g/mol. The van der Waals surface area contributed by atoms with Crippen LogP contribution in [0.25, 0.3) is 0 Å². The van der Waals surface area contributed by atoms with Gasteiger partial charge in [0.05, 0.1) is 0 Å². The van der Waals surface area contributed by atoms with Gasteiger partial charge in [-0.25, -0.2) is 4.98 Å². The van der Waals surface area contributed by atoms with Crippen molar-refractivity contribution in [2.45, 2.75) is 38.6 Å². The summed E-state index contributed by atoms with van der Waals surface area (Å²) < 4.78 is 0. The molecule has 3 heteroatoms. The highest BCUT2D eigenvalue weighted by atomic mass is 15.0. The number of fused-ring (bicyclic) bond motifs is 5. The van der Waals surface area contributed by atoms with Crippen molar-refractivity contribution < 1.29 is 0 Å². The largest absolute Gasteiger partial charge is 0.349 e. The zero-order chi connectivity index (χ0) is 12.1. The van der Waals surface area contributed by atoms with Crippen LogP contribution in [0, 0.1) is 29.6 Å². The zero-order valence-electron chi connectivity index (χ0n) is 11.1. The average molecular weight is 245 g/mol. The van der Waals surface area contributed by atoms with Crippen LogP contribution in [0.1, 0.15) is 32.0 Å². The van der Waals surface area contributed by atoms with E-state index < -0.39 is 0 Å². The minimum atomic E-state index is 0.652. The summed E-state index contributed by atoms with van der Waals surface area (Å²) in [7, 11) is 0. The van der Waals surface area contributed by atoms with E-state index in [9.17, 15) is 0 Å². The maximum absolute atomic E-state index is 4.40. The van der Waals surface area contributed by atoms with E-state index in [1.165, 1.54) is 12.8 Å². The molecule has 3 aliphatic carbocycles. The molecule has 0 aromatic carbocycles. The SMILES string of the molecule is CCNC(Cc1ncc[nH]1)C1C2C3CCC(C3)C21. The fraction of sp³-hybridized carbons (Fsp3) is 0.800. The number of imidazole rings is 1. The van der Waals surface area contributed by atoms with E-state index in [4.69, 9.17) is 0 Å². The highest BCUT2D eigenvalue weighted by molar-refractivity contribution is 5.16. The lowest BCUT2D eigenvalue weighted by Gasteiger charge is -2.20. The van der Waals surface area contributed by atoms with Crippen molar-refractivity contribution in [3.63, 3.8) is 0 Å². The first-order chi connectivity index (χ1) is 8.88. The quantitative estimate of drug-likeness (QED) is 0.835. The fourth-order valence-corrected chi connectivity index (χ4v) is 5.15. The van der Waals surface area contributed by atoms with Crippen LogP contribution in [0.4, 0.5) is 0 Å². The summed E-state index contributed by atoms with van der Waals surface area (Å²) in [5.74, 6) is 6.36. The molecule has 0 aliphatic heterocycles. The second-order valence-electron chi connectivity index (χ2n) is 6.47. The van der Waals surface area contributed by atoms with Gasteiger partial charge in [0.1, 0.15) is 5.82 Å². The summed E-state index contributed by atoms with van der Waals surface area (Å²) >= 11 is 0. The van der Waals surface area contributed by atoms with E-state index in [0.29, 0.717) is 6.04 Å². The Balaban J connectivity index is 1.48. The number of H-pyrrole nitrogens is 1. The van der Waals surface area contributed by atoms with E-state index in [1.54, 1.807) is 6.42 Å². The summed E-state index contributed by atoms with van der Waals surface area (Å²) in [6, 6.07) is 0.652. The van der Waals surface area contributed by atoms with Crippen LogP contribution in [0.3, 0.4) is 0 Å². The van der Waals surface area contributed by atoms with Crippen molar-refractivity contribution in [3.05, 3.63) is 18.2 Å². The summed E-state index contributed by atoms with van der Waals surface area (Å²) in [6.45, 7) is 3.30. The van der Waals surface area contributed by atoms with Crippen molar-refractivity contribution >= 4 is 0 Å². The topological polar surface area (TPSA) is 40.7 Å². The van der Waals surface area contributed by atoms with Gasteiger partial charge in [0.25, 0.3) is 0 Å². The number of hydrogen-bond acceptors (Lipinski definition) is 2. The number of nitrogens with zero attached hydrogens (tertiary/aromatic N) is 1.